The molecule has 4 heteroatoms. The number of halogens is 1. The maximum absolute atomic E-state index is 9.31. The van der Waals surface area contributed by atoms with E-state index < -0.39 is 6.10 Å². The minimum absolute atomic E-state index is 0.00866. The highest BCUT2D eigenvalue weighted by atomic mass is 35.5. The van der Waals surface area contributed by atoms with E-state index in [-0.39, 0.29) is 6.04 Å². The maximum Gasteiger partial charge on any atom is 0.174 e. The minimum Gasteiger partial charge on any atom is -0.254 e. The molecular weight excluding hydrogens is 344 g/mol. The highest BCUT2D eigenvalue weighted by Crippen LogP contribution is 2.38. The van der Waals surface area contributed by atoms with Gasteiger partial charge in [0.05, 0.1) is 17.8 Å². The second kappa shape index (κ2) is 7.21. The predicted molar refractivity (Wildman–Crippen MR) is 104 cm³/mol. The Balaban J connectivity index is 1.64. The number of nitriles is 1. The fraction of sp³-hybridized carbons (Fsp3) is 0.136. The summed E-state index contributed by atoms with van der Waals surface area (Å²) in [6.45, 7) is 0. The van der Waals surface area contributed by atoms with Gasteiger partial charge in [-0.15, -0.1) is 0 Å². The van der Waals surface area contributed by atoms with Gasteiger partial charge in [0.15, 0.2) is 6.10 Å². The molecule has 3 nitrogen and oxygen atoms in total. The quantitative estimate of drug-likeness (QED) is 0.593. The Morgan fingerprint density at radius 2 is 1.54 bits per heavy atom. The molecule has 4 rings (SSSR count). The fourth-order valence-electron chi connectivity index (χ4n) is 3.26. The number of hydrogen-bond acceptors (Lipinski definition) is 3. The zero-order chi connectivity index (χ0) is 17.9. The summed E-state index contributed by atoms with van der Waals surface area (Å²) in [5.74, 6) is 0. The van der Waals surface area contributed by atoms with E-state index in [1.165, 1.54) is 11.1 Å². The van der Waals surface area contributed by atoms with Gasteiger partial charge in [-0.1, -0.05) is 66.2 Å². The van der Waals surface area contributed by atoms with Crippen LogP contribution >= 0.6 is 11.6 Å². The summed E-state index contributed by atoms with van der Waals surface area (Å²) in [5, 5.41) is 11.8. The summed E-state index contributed by atoms with van der Waals surface area (Å²) in [6, 6.07) is 28.4. The van der Waals surface area contributed by atoms with Crippen molar-refractivity contribution in [2.45, 2.75) is 18.6 Å². The molecule has 2 unspecified atom stereocenters. The van der Waals surface area contributed by atoms with Crippen LogP contribution in [-0.2, 0) is 4.84 Å². The number of hydroxylamine groups is 1. The maximum atomic E-state index is 9.31. The Morgan fingerprint density at radius 1 is 0.885 bits per heavy atom. The van der Waals surface area contributed by atoms with Gasteiger partial charge in [-0.3, -0.25) is 4.84 Å². The summed E-state index contributed by atoms with van der Waals surface area (Å²) in [5.41, 5.74) is 4.37. The Kier molecular flexibility index (Phi) is 4.62. The predicted octanol–water partition coefficient (Wildman–Crippen LogP) is 5.78. The van der Waals surface area contributed by atoms with Crippen LogP contribution in [0.2, 0.25) is 5.02 Å². The Labute approximate surface area is 158 Å². The SMILES string of the molecule is N#CC1CC(c2ccc(-c3ccccc3)cc2)N(c2ccc(Cl)cc2)O1. The summed E-state index contributed by atoms with van der Waals surface area (Å²) < 4.78 is 0. The molecule has 0 spiro atoms. The van der Waals surface area contributed by atoms with Gasteiger partial charge in [0.1, 0.15) is 0 Å². The number of benzene rings is 3. The first-order chi connectivity index (χ1) is 12.7. The Morgan fingerprint density at radius 3 is 2.19 bits per heavy atom. The van der Waals surface area contributed by atoms with Crippen molar-refractivity contribution in [2.24, 2.45) is 0 Å². The second-order valence-electron chi connectivity index (χ2n) is 6.26. The van der Waals surface area contributed by atoms with Crippen molar-refractivity contribution in [3.63, 3.8) is 0 Å². The van der Waals surface area contributed by atoms with Crippen LogP contribution < -0.4 is 5.06 Å². The highest BCUT2D eigenvalue weighted by Gasteiger charge is 2.35. The van der Waals surface area contributed by atoms with E-state index in [4.69, 9.17) is 16.4 Å². The van der Waals surface area contributed by atoms with Crippen LogP contribution in [0.15, 0.2) is 78.9 Å². The lowest BCUT2D eigenvalue weighted by Gasteiger charge is -2.25. The average molecular weight is 361 g/mol. The van der Waals surface area contributed by atoms with Gasteiger partial charge in [0, 0.05) is 11.4 Å². The molecule has 1 saturated heterocycles. The van der Waals surface area contributed by atoms with E-state index in [1.807, 2.05) is 47.5 Å². The van der Waals surface area contributed by atoms with Crippen molar-refractivity contribution < 1.29 is 4.84 Å². The van der Waals surface area contributed by atoms with Crippen LogP contribution in [0.4, 0.5) is 5.69 Å². The summed E-state index contributed by atoms with van der Waals surface area (Å²) >= 11 is 5.99. The van der Waals surface area contributed by atoms with Crippen LogP contribution in [-0.4, -0.2) is 6.10 Å². The lowest BCUT2D eigenvalue weighted by atomic mass is 9.98. The third-order valence-corrected chi connectivity index (χ3v) is 4.84. The van der Waals surface area contributed by atoms with Gasteiger partial charge in [0.2, 0.25) is 0 Å². The molecule has 2 atom stereocenters. The van der Waals surface area contributed by atoms with E-state index in [0.29, 0.717) is 11.4 Å². The minimum atomic E-state index is -0.454. The number of hydrogen-bond donors (Lipinski definition) is 0. The lowest BCUT2D eigenvalue weighted by Crippen LogP contribution is -2.21. The molecule has 0 amide bonds. The van der Waals surface area contributed by atoms with Crippen molar-refractivity contribution in [3.05, 3.63) is 89.4 Å². The van der Waals surface area contributed by atoms with Crippen LogP contribution in [0, 0.1) is 11.3 Å². The number of nitrogens with zero attached hydrogens (tertiary/aromatic N) is 2. The zero-order valence-electron chi connectivity index (χ0n) is 14.0. The molecule has 1 aliphatic heterocycles. The first-order valence-corrected chi connectivity index (χ1v) is 8.89. The standard InChI is InChI=1S/C22H17ClN2O/c23-19-10-12-20(13-11-19)25-22(14-21(15-24)26-25)18-8-6-17(7-9-18)16-4-2-1-3-5-16/h1-13,21-22H,14H2. The topological polar surface area (TPSA) is 36.3 Å². The van der Waals surface area contributed by atoms with Crippen molar-refractivity contribution >= 4 is 17.3 Å². The van der Waals surface area contributed by atoms with Gasteiger partial charge >= 0.3 is 0 Å². The Bertz CT molecular complexity index is 917. The molecule has 0 aliphatic carbocycles. The molecule has 0 bridgehead atoms. The number of anilines is 1. The van der Waals surface area contributed by atoms with Gasteiger partial charge in [-0.25, -0.2) is 5.06 Å². The smallest absolute Gasteiger partial charge is 0.174 e. The molecule has 128 valence electrons. The normalized spacial score (nSPS) is 19.3. The molecule has 0 N–H and O–H groups in total. The van der Waals surface area contributed by atoms with Crippen molar-refractivity contribution in [3.8, 4) is 17.2 Å². The van der Waals surface area contributed by atoms with Crippen LogP contribution in [0.3, 0.4) is 0 Å². The lowest BCUT2D eigenvalue weighted by molar-refractivity contribution is 0.118. The van der Waals surface area contributed by atoms with Gasteiger partial charge < -0.3 is 0 Å². The van der Waals surface area contributed by atoms with Crippen molar-refractivity contribution in [2.75, 3.05) is 5.06 Å². The Hall–Kier alpha value is -2.80. The third kappa shape index (κ3) is 3.30. The third-order valence-electron chi connectivity index (χ3n) is 4.59. The first kappa shape index (κ1) is 16.7. The highest BCUT2D eigenvalue weighted by molar-refractivity contribution is 6.30. The van der Waals surface area contributed by atoms with Gasteiger partial charge in [-0.2, -0.15) is 5.26 Å². The molecular formula is C22H17ClN2O. The van der Waals surface area contributed by atoms with Crippen molar-refractivity contribution in [1.29, 1.82) is 5.26 Å². The zero-order valence-corrected chi connectivity index (χ0v) is 14.8. The largest absolute Gasteiger partial charge is 0.254 e. The van der Waals surface area contributed by atoms with E-state index in [1.54, 1.807) is 0 Å². The van der Waals surface area contributed by atoms with Crippen molar-refractivity contribution in [1.82, 2.24) is 0 Å². The molecule has 1 aliphatic rings. The molecule has 1 heterocycles. The van der Waals surface area contributed by atoms with Crippen LogP contribution in [0.25, 0.3) is 11.1 Å². The summed E-state index contributed by atoms with van der Waals surface area (Å²) in [6.07, 6.45) is 0.175. The average Bonchev–Trinajstić information content (AvgIpc) is 3.14. The molecule has 3 aromatic carbocycles. The monoisotopic (exact) mass is 360 g/mol. The van der Waals surface area contributed by atoms with Crippen LogP contribution in [0.1, 0.15) is 18.0 Å². The second-order valence-corrected chi connectivity index (χ2v) is 6.70. The van der Waals surface area contributed by atoms with Crippen LogP contribution in [0.5, 0.6) is 0 Å². The van der Waals surface area contributed by atoms with E-state index in [0.717, 1.165) is 11.3 Å². The molecule has 0 radical (unpaired) electrons. The van der Waals surface area contributed by atoms with Gasteiger partial charge in [0.25, 0.3) is 0 Å². The molecule has 26 heavy (non-hydrogen) atoms. The molecule has 0 saturated carbocycles. The molecule has 3 aromatic rings. The summed E-state index contributed by atoms with van der Waals surface area (Å²) in [7, 11) is 0. The summed E-state index contributed by atoms with van der Waals surface area (Å²) in [4.78, 5) is 5.85. The first-order valence-electron chi connectivity index (χ1n) is 8.51. The van der Waals surface area contributed by atoms with E-state index >= 15 is 0 Å². The molecule has 1 fully saturated rings. The van der Waals surface area contributed by atoms with E-state index in [9.17, 15) is 5.26 Å². The number of rotatable bonds is 3. The molecule has 0 aromatic heterocycles. The van der Waals surface area contributed by atoms with Gasteiger partial charge in [-0.05, 0) is 41.0 Å². The fourth-order valence-corrected chi connectivity index (χ4v) is 3.38. The van der Waals surface area contributed by atoms with E-state index in [2.05, 4.69) is 42.5 Å².